The van der Waals surface area contributed by atoms with E-state index in [2.05, 4.69) is 16.1 Å². The molecule has 0 aromatic carbocycles. The molecule has 134 valence electrons. The minimum atomic E-state index is -4.82. The van der Waals surface area contributed by atoms with Gasteiger partial charge in [-0.2, -0.15) is 17.6 Å². The molecule has 0 heterocycles. The minimum Gasteiger partial charge on any atom is -0.454 e. The second-order valence-corrected chi connectivity index (χ2v) is 4.87. The van der Waals surface area contributed by atoms with Crippen molar-refractivity contribution in [2.75, 3.05) is 6.61 Å². The van der Waals surface area contributed by atoms with Gasteiger partial charge in [0.05, 0.1) is 0 Å². The lowest BCUT2D eigenvalue weighted by atomic mass is 10.1. The molecular formula is C13H16F6O4. The highest BCUT2D eigenvalue weighted by molar-refractivity contribution is 5.87. The van der Waals surface area contributed by atoms with Crippen LogP contribution in [0.1, 0.15) is 27.2 Å². The highest BCUT2D eigenvalue weighted by Gasteiger charge is 2.56. The van der Waals surface area contributed by atoms with Crippen LogP contribution in [0.5, 0.6) is 0 Å². The monoisotopic (exact) mass is 350 g/mol. The Kier molecular flexibility index (Phi) is 6.68. The van der Waals surface area contributed by atoms with Crippen LogP contribution in [0.25, 0.3) is 0 Å². The van der Waals surface area contributed by atoms with Gasteiger partial charge in [0.25, 0.3) is 0 Å². The molecule has 1 unspecified atom stereocenters. The number of rotatable bonds is 8. The van der Waals surface area contributed by atoms with Gasteiger partial charge in [-0.25, -0.2) is 18.4 Å². The molecule has 0 aliphatic rings. The number of hydrogen-bond donors (Lipinski definition) is 0. The fourth-order valence-electron chi connectivity index (χ4n) is 1.15. The minimum absolute atomic E-state index is 0.150. The highest BCUT2D eigenvalue weighted by Crippen LogP contribution is 2.34. The first kappa shape index (κ1) is 21.3. The van der Waals surface area contributed by atoms with Gasteiger partial charge in [0.1, 0.15) is 0 Å². The second-order valence-electron chi connectivity index (χ2n) is 4.87. The molecule has 0 rings (SSSR count). The van der Waals surface area contributed by atoms with Crippen molar-refractivity contribution in [3.8, 4) is 0 Å². The van der Waals surface area contributed by atoms with Crippen molar-refractivity contribution in [1.82, 2.24) is 0 Å². The summed E-state index contributed by atoms with van der Waals surface area (Å²) in [6.45, 7) is 3.05. The van der Waals surface area contributed by atoms with Gasteiger partial charge in [-0.1, -0.05) is 13.5 Å². The van der Waals surface area contributed by atoms with E-state index in [0.717, 1.165) is 13.8 Å². The summed E-state index contributed by atoms with van der Waals surface area (Å²) in [6.07, 6.45) is -2.86. The summed E-state index contributed by atoms with van der Waals surface area (Å²) in [6, 6.07) is 0. The fraction of sp³-hybridized carbons (Fsp3) is 0.692. The van der Waals surface area contributed by atoms with E-state index in [0.29, 0.717) is 0 Å². The summed E-state index contributed by atoms with van der Waals surface area (Å²) in [5.41, 5.74) is -0.232. The largest absolute Gasteiger partial charge is 0.454 e. The van der Waals surface area contributed by atoms with Crippen molar-refractivity contribution in [1.29, 1.82) is 0 Å². The molecule has 0 bridgehead atoms. The molecule has 0 saturated heterocycles. The van der Waals surface area contributed by atoms with Gasteiger partial charge in [0.2, 0.25) is 0 Å². The topological polar surface area (TPSA) is 52.6 Å². The van der Waals surface area contributed by atoms with E-state index >= 15 is 0 Å². The zero-order chi connectivity index (χ0) is 18.6. The van der Waals surface area contributed by atoms with Gasteiger partial charge >= 0.3 is 29.7 Å². The molecule has 0 aromatic heterocycles. The third-order valence-corrected chi connectivity index (χ3v) is 2.67. The molecule has 0 aliphatic heterocycles. The van der Waals surface area contributed by atoms with Gasteiger partial charge in [-0.05, 0) is 13.3 Å². The summed E-state index contributed by atoms with van der Waals surface area (Å²) in [4.78, 5) is 22.4. The van der Waals surface area contributed by atoms with Crippen LogP contribution in [0.2, 0.25) is 0 Å². The van der Waals surface area contributed by atoms with E-state index in [1.165, 1.54) is 0 Å². The zero-order valence-electron chi connectivity index (χ0n) is 12.6. The van der Waals surface area contributed by atoms with E-state index in [9.17, 15) is 35.9 Å². The van der Waals surface area contributed by atoms with Crippen molar-refractivity contribution >= 4 is 11.9 Å². The number of alkyl halides is 6. The van der Waals surface area contributed by atoms with Crippen LogP contribution in [-0.4, -0.2) is 42.4 Å². The summed E-state index contributed by atoms with van der Waals surface area (Å²) in [5.74, 6) is -17.6. The SMILES string of the molecule is C=C(C)C(=O)OC(CC)C(F)(F)C(=O)OCC(F)(F)C(C)(F)F. The number of carbonyl (C=O) groups excluding carboxylic acids is 2. The number of carbonyl (C=O) groups is 2. The van der Waals surface area contributed by atoms with Gasteiger partial charge < -0.3 is 9.47 Å². The van der Waals surface area contributed by atoms with E-state index in [1.807, 2.05) is 0 Å². The van der Waals surface area contributed by atoms with Crippen LogP contribution in [0, 0.1) is 0 Å². The van der Waals surface area contributed by atoms with Crippen molar-refractivity contribution in [2.45, 2.75) is 51.1 Å². The summed E-state index contributed by atoms with van der Waals surface area (Å²) >= 11 is 0. The summed E-state index contributed by atoms with van der Waals surface area (Å²) in [5, 5.41) is 0. The van der Waals surface area contributed by atoms with Crippen molar-refractivity contribution in [3.63, 3.8) is 0 Å². The molecule has 23 heavy (non-hydrogen) atoms. The average molecular weight is 350 g/mol. The van der Waals surface area contributed by atoms with Crippen LogP contribution in [0.3, 0.4) is 0 Å². The lowest BCUT2D eigenvalue weighted by molar-refractivity contribution is -0.234. The van der Waals surface area contributed by atoms with E-state index in [-0.39, 0.29) is 12.5 Å². The second kappa shape index (κ2) is 7.22. The Morgan fingerprint density at radius 3 is 1.96 bits per heavy atom. The normalized spacial score (nSPS) is 14.1. The maximum Gasteiger partial charge on any atom is 0.381 e. The predicted octanol–water partition coefficient (Wildman–Crippen LogP) is 3.35. The Labute approximate surface area is 128 Å². The number of ether oxygens (including phenoxy) is 2. The standard InChI is InChI=1S/C13H16F6O4/c1-5-8(23-9(20)7(2)3)13(18,19)10(21)22-6-12(16,17)11(4,14)15/h8H,2,5-6H2,1,3-4H3. The van der Waals surface area contributed by atoms with E-state index < -0.39 is 48.8 Å². The third kappa shape index (κ3) is 5.43. The maximum absolute atomic E-state index is 13.8. The van der Waals surface area contributed by atoms with Crippen LogP contribution in [-0.2, 0) is 19.1 Å². The molecule has 0 aromatic rings. The van der Waals surface area contributed by atoms with Crippen LogP contribution in [0.4, 0.5) is 26.3 Å². The van der Waals surface area contributed by atoms with Crippen LogP contribution in [0.15, 0.2) is 12.2 Å². The first-order chi connectivity index (χ1) is 10.2. The van der Waals surface area contributed by atoms with Gasteiger partial charge in [-0.15, -0.1) is 0 Å². The van der Waals surface area contributed by atoms with Gasteiger partial charge in [0.15, 0.2) is 12.7 Å². The molecule has 0 spiro atoms. The summed E-state index contributed by atoms with van der Waals surface area (Å²) in [7, 11) is 0. The maximum atomic E-state index is 13.8. The van der Waals surface area contributed by atoms with Crippen molar-refractivity contribution < 1.29 is 45.4 Å². The molecular weight excluding hydrogens is 334 g/mol. The Morgan fingerprint density at radius 1 is 1.13 bits per heavy atom. The Morgan fingerprint density at radius 2 is 1.61 bits per heavy atom. The van der Waals surface area contributed by atoms with E-state index in [1.54, 1.807) is 0 Å². The number of hydrogen-bond acceptors (Lipinski definition) is 4. The van der Waals surface area contributed by atoms with Gasteiger partial charge in [0, 0.05) is 12.5 Å². The van der Waals surface area contributed by atoms with Crippen molar-refractivity contribution in [2.24, 2.45) is 0 Å². The molecule has 0 saturated carbocycles. The van der Waals surface area contributed by atoms with E-state index in [4.69, 9.17) is 0 Å². The first-order valence-electron chi connectivity index (χ1n) is 6.34. The van der Waals surface area contributed by atoms with Crippen molar-refractivity contribution in [3.05, 3.63) is 12.2 Å². The lowest BCUT2D eigenvalue weighted by Gasteiger charge is -2.26. The van der Waals surface area contributed by atoms with Crippen LogP contribution >= 0.6 is 0 Å². The lowest BCUT2D eigenvalue weighted by Crippen LogP contribution is -2.48. The zero-order valence-corrected chi connectivity index (χ0v) is 12.6. The quantitative estimate of drug-likeness (QED) is 0.383. The summed E-state index contributed by atoms with van der Waals surface area (Å²) < 4.78 is 86.3. The third-order valence-electron chi connectivity index (χ3n) is 2.67. The highest BCUT2D eigenvalue weighted by atomic mass is 19.3. The Hall–Kier alpha value is -1.74. The molecule has 4 nitrogen and oxygen atoms in total. The average Bonchev–Trinajstić information content (AvgIpc) is 2.39. The van der Waals surface area contributed by atoms with Gasteiger partial charge in [-0.3, -0.25) is 0 Å². The fourth-order valence-corrected chi connectivity index (χ4v) is 1.15. The Balaban J connectivity index is 5.01. The molecule has 10 heteroatoms. The predicted molar refractivity (Wildman–Crippen MR) is 66.5 cm³/mol. The first-order valence-corrected chi connectivity index (χ1v) is 6.34. The molecule has 0 aliphatic carbocycles. The molecule has 0 fully saturated rings. The molecule has 0 radical (unpaired) electrons. The molecule has 0 N–H and O–H groups in total. The number of esters is 2. The smallest absolute Gasteiger partial charge is 0.381 e. The number of halogens is 6. The molecule has 0 amide bonds. The van der Waals surface area contributed by atoms with Crippen LogP contribution < -0.4 is 0 Å². The Bertz CT molecular complexity index is 470. The molecule has 1 atom stereocenters.